The zero-order chi connectivity index (χ0) is 13.1. The van der Waals surface area contributed by atoms with Crippen LogP contribution in [0, 0.1) is 11.7 Å². The highest BCUT2D eigenvalue weighted by atomic mass is 19.1. The molecule has 1 aromatic rings. The van der Waals surface area contributed by atoms with E-state index in [1.54, 1.807) is 0 Å². The van der Waals surface area contributed by atoms with E-state index in [1.165, 1.54) is 12.1 Å². The Morgan fingerprint density at radius 3 is 2.39 bits per heavy atom. The van der Waals surface area contributed by atoms with Gasteiger partial charge in [-0.3, -0.25) is 0 Å². The molecule has 0 aliphatic heterocycles. The van der Waals surface area contributed by atoms with Crippen molar-refractivity contribution in [3.8, 4) is 0 Å². The third-order valence-corrected chi connectivity index (χ3v) is 3.78. The van der Waals surface area contributed by atoms with E-state index in [0.717, 1.165) is 24.8 Å². The Bertz CT molecular complexity index is 375. The Balaban J connectivity index is 2.06. The molecule has 0 spiro atoms. The van der Waals surface area contributed by atoms with Gasteiger partial charge in [0, 0.05) is 18.1 Å². The molecule has 0 amide bonds. The van der Waals surface area contributed by atoms with E-state index in [4.69, 9.17) is 5.73 Å². The van der Waals surface area contributed by atoms with Crippen molar-refractivity contribution in [3.05, 3.63) is 35.6 Å². The van der Waals surface area contributed by atoms with E-state index < -0.39 is 0 Å². The second kappa shape index (κ2) is 5.81. The van der Waals surface area contributed by atoms with Gasteiger partial charge in [0.05, 0.1) is 0 Å². The molecule has 0 heterocycles. The molecular formula is C15H23FN2. The Kier molecular flexibility index (Phi) is 4.36. The first-order valence-electron chi connectivity index (χ1n) is 6.83. The Morgan fingerprint density at radius 2 is 1.89 bits per heavy atom. The third kappa shape index (κ3) is 3.30. The minimum atomic E-state index is -0.177. The summed E-state index contributed by atoms with van der Waals surface area (Å²) in [6.45, 7) is 4.38. The molecule has 3 heteroatoms. The highest BCUT2D eigenvalue weighted by Gasteiger charge is 2.25. The van der Waals surface area contributed by atoms with Crippen molar-refractivity contribution < 1.29 is 4.39 Å². The smallest absolute Gasteiger partial charge is 0.123 e. The molecule has 1 saturated carbocycles. The zero-order valence-corrected chi connectivity index (χ0v) is 11.2. The fourth-order valence-electron chi connectivity index (χ4n) is 2.77. The van der Waals surface area contributed by atoms with Gasteiger partial charge in [0.1, 0.15) is 5.82 Å². The van der Waals surface area contributed by atoms with Crippen molar-refractivity contribution in [2.24, 2.45) is 11.7 Å². The highest BCUT2D eigenvalue weighted by Crippen LogP contribution is 2.26. The maximum absolute atomic E-state index is 13.0. The number of hydrogen-bond acceptors (Lipinski definition) is 2. The minimum Gasteiger partial charge on any atom is -0.328 e. The molecule has 0 aromatic heterocycles. The fraction of sp³-hybridized carbons (Fsp3) is 0.600. The van der Waals surface area contributed by atoms with E-state index >= 15 is 0 Å². The molecular weight excluding hydrogens is 227 g/mol. The summed E-state index contributed by atoms with van der Waals surface area (Å²) in [6.07, 6.45) is 3.29. The summed E-state index contributed by atoms with van der Waals surface area (Å²) in [6, 6.07) is 7.94. The predicted molar refractivity (Wildman–Crippen MR) is 72.7 cm³/mol. The van der Waals surface area contributed by atoms with Gasteiger partial charge in [-0.2, -0.15) is 0 Å². The fourth-order valence-corrected chi connectivity index (χ4v) is 2.77. The predicted octanol–water partition coefficient (Wildman–Crippen LogP) is 2.99. The van der Waals surface area contributed by atoms with E-state index in [9.17, 15) is 4.39 Å². The lowest BCUT2D eigenvalue weighted by atomic mass is 9.95. The van der Waals surface area contributed by atoms with Crippen LogP contribution in [-0.4, -0.2) is 12.1 Å². The van der Waals surface area contributed by atoms with Crippen LogP contribution in [0.15, 0.2) is 24.3 Å². The maximum Gasteiger partial charge on any atom is 0.123 e. The van der Waals surface area contributed by atoms with Crippen molar-refractivity contribution in [3.63, 3.8) is 0 Å². The topological polar surface area (TPSA) is 38.0 Å². The average molecular weight is 250 g/mol. The summed E-state index contributed by atoms with van der Waals surface area (Å²) >= 11 is 0. The van der Waals surface area contributed by atoms with E-state index in [1.807, 2.05) is 12.1 Å². The number of benzene rings is 1. The van der Waals surface area contributed by atoms with Gasteiger partial charge in [-0.25, -0.2) is 4.39 Å². The van der Waals surface area contributed by atoms with Gasteiger partial charge >= 0.3 is 0 Å². The van der Waals surface area contributed by atoms with Gasteiger partial charge in [0.15, 0.2) is 0 Å². The molecule has 1 aliphatic carbocycles. The molecule has 2 nitrogen and oxygen atoms in total. The lowest BCUT2D eigenvalue weighted by Crippen LogP contribution is -2.34. The first-order chi connectivity index (χ1) is 8.56. The van der Waals surface area contributed by atoms with E-state index in [0.29, 0.717) is 18.0 Å². The Morgan fingerprint density at radius 1 is 1.22 bits per heavy atom. The molecule has 3 atom stereocenters. The standard InChI is InChI=1S/C15H23FN2/c1-10(2)15(11-3-5-12(16)6-4-11)18-14-8-7-13(17)9-14/h3-6,10,13-15,18H,7-9,17H2,1-2H3. The Hall–Kier alpha value is -0.930. The largest absolute Gasteiger partial charge is 0.328 e. The quantitative estimate of drug-likeness (QED) is 0.862. The molecule has 1 aromatic carbocycles. The average Bonchev–Trinajstić information content (AvgIpc) is 2.73. The first-order valence-corrected chi connectivity index (χ1v) is 6.83. The van der Waals surface area contributed by atoms with Gasteiger partial charge in [-0.05, 0) is 42.9 Å². The minimum absolute atomic E-state index is 0.177. The van der Waals surface area contributed by atoms with Crippen LogP contribution in [0.25, 0.3) is 0 Å². The summed E-state index contributed by atoms with van der Waals surface area (Å²) in [4.78, 5) is 0. The van der Waals surface area contributed by atoms with Crippen LogP contribution in [0.1, 0.15) is 44.7 Å². The molecule has 3 unspecified atom stereocenters. The third-order valence-electron chi connectivity index (χ3n) is 3.78. The molecule has 100 valence electrons. The number of halogens is 1. The zero-order valence-electron chi connectivity index (χ0n) is 11.2. The highest BCUT2D eigenvalue weighted by molar-refractivity contribution is 5.20. The lowest BCUT2D eigenvalue weighted by molar-refractivity contribution is 0.358. The van der Waals surface area contributed by atoms with Crippen LogP contribution in [-0.2, 0) is 0 Å². The molecule has 0 bridgehead atoms. The van der Waals surface area contributed by atoms with Gasteiger partial charge in [-0.1, -0.05) is 26.0 Å². The molecule has 3 N–H and O–H groups in total. The van der Waals surface area contributed by atoms with Crippen LogP contribution < -0.4 is 11.1 Å². The number of hydrogen-bond donors (Lipinski definition) is 2. The summed E-state index contributed by atoms with van der Waals surface area (Å²) in [5.41, 5.74) is 7.11. The molecule has 2 rings (SSSR count). The molecule has 18 heavy (non-hydrogen) atoms. The monoisotopic (exact) mass is 250 g/mol. The molecule has 0 saturated heterocycles. The van der Waals surface area contributed by atoms with Crippen LogP contribution in [0.4, 0.5) is 4.39 Å². The number of nitrogens with one attached hydrogen (secondary N) is 1. The summed E-state index contributed by atoms with van der Waals surface area (Å²) in [7, 11) is 0. The van der Waals surface area contributed by atoms with E-state index in [-0.39, 0.29) is 11.9 Å². The van der Waals surface area contributed by atoms with Crippen LogP contribution in [0.3, 0.4) is 0 Å². The van der Waals surface area contributed by atoms with Crippen LogP contribution in [0.5, 0.6) is 0 Å². The molecule has 0 radical (unpaired) electrons. The van der Waals surface area contributed by atoms with Gasteiger partial charge in [0.25, 0.3) is 0 Å². The normalized spacial score (nSPS) is 25.6. The molecule has 1 aliphatic rings. The Labute approximate surface area is 109 Å². The summed E-state index contributed by atoms with van der Waals surface area (Å²) in [5, 5.41) is 3.68. The first kappa shape index (κ1) is 13.5. The number of nitrogens with two attached hydrogens (primary N) is 1. The second-order valence-corrected chi connectivity index (χ2v) is 5.71. The van der Waals surface area contributed by atoms with Crippen molar-refractivity contribution in [1.29, 1.82) is 0 Å². The van der Waals surface area contributed by atoms with Gasteiger partial charge < -0.3 is 11.1 Å². The summed E-state index contributed by atoms with van der Waals surface area (Å²) in [5.74, 6) is 0.302. The van der Waals surface area contributed by atoms with E-state index in [2.05, 4.69) is 19.2 Å². The SMILES string of the molecule is CC(C)C(NC1CCC(N)C1)c1ccc(F)cc1. The maximum atomic E-state index is 13.0. The van der Waals surface area contributed by atoms with Crippen LogP contribution >= 0.6 is 0 Å². The van der Waals surface area contributed by atoms with Crippen molar-refractivity contribution >= 4 is 0 Å². The lowest BCUT2D eigenvalue weighted by Gasteiger charge is -2.27. The van der Waals surface area contributed by atoms with Gasteiger partial charge in [-0.15, -0.1) is 0 Å². The molecule has 1 fully saturated rings. The summed E-state index contributed by atoms with van der Waals surface area (Å²) < 4.78 is 13.0. The van der Waals surface area contributed by atoms with Crippen molar-refractivity contribution in [1.82, 2.24) is 5.32 Å². The van der Waals surface area contributed by atoms with Crippen LogP contribution in [0.2, 0.25) is 0 Å². The van der Waals surface area contributed by atoms with Crippen molar-refractivity contribution in [2.75, 3.05) is 0 Å². The van der Waals surface area contributed by atoms with Crippen molar-refractivity contribution in [2.45, 2.75) is 51.2 Å². The van der Waals surface area contributed by atoms with Gasteiger partial charge in [0.2, 0.25) is 0 Å². The second-order valence-electron chi connectivity index (χ2n) is 5.71. The number of rotatable bonds is 4.